The van der Waals surface area contributed by atoms with E-state index >= 15 is 0 Å². The smallest absolute Gasteiger partial charge is 0.224 e. The average molecular weight is 374 g/mol. The van der Waals surface area contributed by atoms with Crippen LogP contribution in [0.15, 0.2) is 30.5 Å². The second-order valence-corrected chi connectivity index (χ2v) is 7.81. The predicted octanol–water partition coefficient (Wildman–Crippen LogP) is 3.11. The highest BCUT2D eigenvalue weighted by atomic mass is 35.5. The Morgan fingerprint density at radius 2 is 2.12 bits per heavy atom. The number of piperidine rings is 1. The van der Waals surface area contributed by atoms with Crippen molar-refractivity contribution >= 4 is 34.3 Å². The van der Waals surface area contributed by atoms with Crippen LogP contribution in [-0.4, -0.2) is 29.0 Å². The van der Waals surface area contributed by atoms with E-state index in [-0.39, 0.29) is 29.7 Å². The first kappa shape index (κ1) is 17.4. The van der Waals surface area contributed by atoms with Gasteiger partial charge in [-0.2, -0.15) is 0 Å². The van der Waals surface area contributed by atoms with Gasteiger partial charge in [0, 0.05) is 47.7 Å². The maximum Gasteiger partial charge on any atom is 0.224 e. The van der Waals surface area contributed by atoms with Gasteiger partial charge in [0.05, 0.1) is 5.92 Å². The second-order valence-electron chi connectivity index (χ2n) is 7.41. The molecule has 1 aliphatic heterocycles. The third-order valence-corrected chi connectivity index (χ3v) is 6.17. The van der Waals surface area contributed by atoms with E-state index in [0.29, 0.717) is 19.5 Å². The largest absolute Gasteiger partial charge is 0.354 e. The Kier molecular flexibility index (Phi) is 4.90. The van der Waals surface area contributed by atoms with Crippen molar-refractivity contribution in [2.24, 2.45) is 11.8 Å². The van der Waals surface area contributed by atoms with Gasteiger partial charge in [-0.1, -0.05) is 30.5 Å². The van der Waals surface area contributed by atoms with Crippen molar-refractivity contribution in [3.63, 3.8) is 0 Å². The Labute approximate surface area is 158 Å². The molecule has 5 nitrogen and oxygen atoms in total. The maximum absolute atomic E-state index is 12.7. The number of fused-ring (bicyclic) bond motifs is 2. The van der Waals surface area contributed by atoms with Gasteiger partial charge < -0.3 is 15.2 Å². The van der Waals surface area contributed by atoms with Gasteiger partial charge in [0.2, 0.25) is 11.8 Å². The summed E-state index contributed by atoms with van der Waals surface area (Å²) >= 11 is 6.21. The van der Waals surface area contributed by atoms with Crippen LogP contribution in [0.3, 0.4) is 0 Å². The van der Waals surface area contributed by atoms with Gasteiger partial charge in [-0.25, -0.2) is 0 Å². The molecule has 2 N–H and O–H groups in total. The summed E-state index contributed by atoms with van der Waals surface area (Å²) in [5, 5.41) is 7.88. The lowest BCUT2D eigenvalue weighted by molar-refractivity contribution is -0.137. The van der Waals surface area contributed by atoms with Crippen molar-refractivity contribution in [2.45, 2.75) is 44.7 Å². The zero-order chi connectivity index (χ0) is 18.1. The van der Waals surface area contributed by atoms with Crippen molar-refractivity contribution in [3.8, 4) is 0 Å². The summed E-state index contributed by atoms with van der Waals surface area (Å²) < 4.78 is 2.10. The molecule has 1 aromatic carbocycles. The number of carbonyl (C=O) groups is 2. The van der Waals surface area contributed by atoms with Crippen LogP contribution in [-0.2, 0) is 16.1 Å². The second kappa shape index (κ2) is 7.31. The molecule has 0 radical (unpaired) electrons. The quantitative estimate of drug-likeness (QED) is 0.864. The fourth-order valence-corrected chi connectivity index (χ4v) is 4.77. The molecule has 138 valence electrons. The minimum Gasteiger partial charge on any atom is -0.354 e. The summed E-state index contributed by atoms with van der Waals surface area (Å²) in [7, 11) is 0. The number of nitrogens with zero attached hydrogens (tertiary/aromatic N) is 1. The Hall–Kier alpha value is -2.01. The molecule has 1 aromatic heterocycles. The van der Waals surface area contributed by atoms with Crippen molar-refractivity contribution in [2.75, 3.05) is 6.54 Å². The Morgan fingerprint density at radius 3 is 3.00 bits per heavy atom. The lowest BCUT2D eigenvalue weighted by Crippen LogP contribution is -2.54. The number of hydrogen-bond donors (Lipinski definition) is 2. The summed E-state index contributed by atoms with van der Waals surface area (Å²) in [4.78, 5) is 24.7. The van der Waals surface area contributed by atoms with Crippen LogP contribution in [0.2, 0.25) is 5.02 Å². The minimum absolute atomic E-state index is 0.0133. The zero-order valence-corrected chi connectivity index (χ0v) is 15.5. The Balaban J connectivity index is 1.38. The van der Waals surface area contributed by atoms with Gasteiger partial charge in [0.15, 0.2) is 0 Å². The average Bonchev–Trinajstić information content (AvgIpc) is 3.05. The summed E-state index contributed by atoms with van der Waals surface area (Å²) in [6.07, 6.45) is 6.62. The number of halogens is 1. The molecule has 2 aromatic rings. The molecule has 3 unspecified atom stereocenters. The van der Waals surface area contributed by atoms with Gasteiger partial charge in [-0.3, -0.25) is 9.59 Å². The van der Waals surface area contributed by atoms with Crippen LogP contribution < -0.4 is 10.6 Å². The Bertz CT molecular complexity index is 832. The highest BCUT2D eigenvalue weighted by molar-refractivity contribution is 6.35. The normalized spacial score (nSPS) is 25.6. The lowest BCUT2D eigenvalue weighted by atomic mass is 9.72. The van der Waals surface area contributed by atoms with E-state index in [9.17, 15) is 9.59 Å². The number of aromatic nitrogens is 1. The molecule has 26 heavy (non-hydrogen) atoms. The zero-order valence-electron chi connectivity index (χ0n) is 14.7. The highest BCUT2D eigenvalue weighted by Crippen LogP contribution is 2.35. The summed E-state index contributed by atoms with van der Waals surface area (Å²) in [6, 6.07) is 8.02. The van der Waals surface area contributed by atoms with Crippen molar-refractivity contribution in [1.29, 1.82) is 0 Å². The molecule has 1 saturated heterocycles. The summed E-state index contributed by atoms with van der Waals surface area (Å²) in [5.41, 5.74) is 1.07. The van der Waals surface area contributed by atoms with Gasteiger partial charge in [0.25, 0.3) is 0 Å². The van der Waals surface area contributed by atoms with Crippen molar-refractivity contribution in [1.82, 2.24) is 15.2 Å². The Morgan fingerprint density at radius 1 is 1.27 bits per heavy atom. The fraction of sp³-hybridized carbons (Fsp3) is 0.500. The van der Waals surface area contributed by atoms with E-state index in [4.69, 9.17) is 11.6 Å². The molecule has 0 spiro atoms. The highest BCUT2D eigenvalue weighted by Gasteiger charge is 2.41. The van der Waals surface area contributed by atoms with E-state index < -0.39 is 0 Å². The third-order valence-electron chi connectivity index (χ3n) is 5.84. The summed E-state index contributed by atoms with van der Waals surface area (Å²) in [6.45, 7) is 1.23. The first-order valence-corrected chi connectivity index (χ1v) is 9.82. The predicted molar refractivity (Wildman–Crippen MR) is 102 cm³/mol. The molecular formula is C20H24ClN3O2. The molecule has 0 bridgehead atoms. The van der Waals surface area contributed by atoms with E-state index in [2.05, 4.69) is 15.2 Å². The number of rotatable bonds is 4. The minimum atomic E-state index is -0.190. The van der Waals surface area contributed by atoms with Crippen LogP contribution in [0.25, 0.3) is 10.9 Å². The molecule has 2 aliphatic rings. The molecule has 1 aliphatic carbocycles. The molecule has 1 saturated carbocycles. The van der Waals surface area contributed by atoms with E-state index in [1.807, 2.05) is 30.5 Å². The molecular weight excluding hydrogens is 350 g/mol. The van der Waals surface area contributed by atoms with Crippen LogP contribution in [0.1, 0.15) is 32.1 Å². The fourth-order valence-electron chi connectivity index (χ4n) is 4.54. The molecule has 6 heteroatoms. The van der Waals surface area contributed by atoms with Gasteiger partial charge in [-0.15, -0.1) is 0 Å². The molecule has 2 fully saturated rings. The standard InChI is InChI=1S/C20H24ClN3O2/c21-16-5-3-7-18-14(16)8-10-24(18)11-9-22-20(26)15-12-19(25)23-17-6-2-1-4-13(15)17/h3,5,7-8,10,13,15,17H,1-2,4,6,9,11-12H2,(H,22,26)(H,23,25). The topological polar surface area (TPSA) is 63.1 Å². The molecule has 2 heterocycles. The van der Waals surface area contributed by atoms with Crippen molar-refractivity contribution in [3.05, 3.63) is 35.5 Å². The van der Waals surface area contributed by atoms with E-state index in [1.165, 1.54) is 0 Å². The number of benzene rings is 1. The van der Waals surface area contributed by atoms with Gasteiger partial charge in [0.1, 0.15) is 0 Å². The van der Waals surface area contributed by atoms with Crippen LogP contribution >= 0.6 is 11.6 Å². The van der Waals surface area contributed by atoms with Crippen LogP contribution in [0, 0.1) is 11.8 Å². The SMILES string of the molecule is O=C1CC(C(=O)NCCn2ccc3c(Cl)cccc32)C2CCCCC2N1. The van der Waals surface area contributed by atoms with Crippen molar-refractivity contribution < 1.29 is 9.59 Å². The van der Waals surface area contributed by atoms with Gasteiger partial charge in [-0.05, 0) is 37.0 Å². The molecule has 4 rings (SSSR count). The lowest BCUT2D eigenvalue weighted by Gasteiger charge is -2.40. The third kappa shape index (κ3) is 3.32. The van der Waals surface area contributed by atoms with Crippen LogP contribution in [0.4, 0.5) is 0 Å². The maximum atomic E-state index is 12.7. The molecule has 2 amide bonds. The van der Waals surface area contributed by atoms with E-state index in [1.54, 1.807) is 0 Å². The van der Waals surface area contributed by atoms with Gasteiger partial charge >= 0.3 is 0 Å². The number of hydrogen-bond acceptors (Lipinski definition) is 2. The number of amides is 2. The monoisotopic (exact) mass is 373 g/mol. The first-order valence-electron chi connectivity index (χ1n) is 9.44. The number of nitrogens with one attached hydrogen (secondary N) is 2. The summed E-state index contributed by atoms with van der Waals surface area (Å²) in [5.74, 6) is 0.128. The van der Waals surface area contributed by atoms with E-state index in [0.717, 1.165) is 41.6 Å². The molecule has 3 atom stereocenters. The van der Waals surface area contributed by atoms with Crippen LogP contribution in [0.5, 0.6) is 0 Å². The number of carbonyl (C=O) groups excluding carboxylic acids is 2. The first-order chi connectivity index (χ1) is 12.6.